The molecule has 0 unspecified atom stereocenters. The Labute approximate surface area is 166 Å². The zero-order chi connectivity index (χ0) is 19.5. The number of anilines is 2. The number of hydrogen-bond donors (Lipinski definition) is 2. The number of nitrogens with one attached hydrogen (secondary N) is 2. The van der Waals surface area contributed by atoms with Gasteiger partial charge in [0.15, 0.2) is 5.58 Å². The molecule has 4 aromatic rings. The van der Waals surface area contributed by atoms with Crippen molar-refractivity contribution < 1.29 is 13.9 Å². The maximum absolute atomic E-state index is 12.3. The molecule has 28 heavy (non-hydrogen) atoms. The molecule has 4 rings (SSSR count). The normalized spacial score (nSPS) is 10.6. The van der Waals surface area contributed by atoms with Gasteiger partial charge < -0.3 is 19.8 Å². The summed E-state index contributed by atoms with van der Waals surface area (Å²) in [4.78, 5) is 16.7. The van der Waals surface area contributed by atoms with Gasteiger partial charge in [-0.2, -0.15) is 0 Å². The Hall–Kier alpha value is -3.51. The number of fused-ring (bicyclic) bond motifs is 1. The summed E-state index contributed by atoms with van der Waals surface area (Å²) in [6, 6.07) is 19.4. The Kier molecular flexibility index (Phi) is 4.87. The van der Waals surface area contributed by atoms with E-state index < -0.39 is 6.03 Å². The Balaban J connectivity index is 1.47. The molecule has 3 aromatic carbocycles. The van der Waals surface area contributed by atoms with Crippen molar-refractivity contribution in [3.8, 4) is 17.2 Å². The molecule has 0 radical (unpaired) electrons. The molecule has 0 fully saturated rings. The van der Waals surface area contributed by atoms with Crippen LogP contribution in [0.5, 0.6) is 5.75 Å². The summed E-state index contributed by atoms with van der Waals surface area (Å²) >= 11 is 5.98. The van der Waals surface area contributed by atoms with E-state index in [2.05, 4.69) is 15.6 Å². The fourth-order valence-electron chi connectivity index (χ4n) is 2.75. The highest BCUT2D eigenvalue weighted by atomic mass is 35.5. The monoisotopic (exact) mass is 393 g/mol. The van der Waals surface area contributed by atoms with Crippen molar-refractivity contribution in [2.75, 3.05) is 17.7 Å². The third-order valence-electron chi connectivity index (χ3n) is 4.09. The van der Waals surface area contributed by atoms with E-state index in [1.165, 1.54) is 7.11 Å². The minimum atomic E-state index is -0.407. The van der Waals surface area contributed by atoms with Crippen LogP contribution in [-0.2, 0) is 0 Å². The largest absolute Gasteiger partial charge is 0.495 e. The van der Waals surface area contributed by atoms with Gasteiger partial charge in [0.2, 0.25) is 5.89 Å². The van der Waals surface area contributed by atoms with E-state index in [1.807, 2.05) is 36.4 Å². The van der Waals surface area contributed by atoms with Gasteiger partial charge in [-0.3, -0.25) is 0 Å². The summed E-state index contributed by atoms with van der Waals surface area (Å²) in [5.74, 6) is 1.05. The van der Waals surface area contributed by atoms with Crippen LogP contribution in [0.3, 0.4) is 0 Å². The average molecular weight is 394 g/mol. The van der Waals surface area contributed by atoms with Crippen molar-refractivity contribution in [2.45, 2.75) is 0 Å². The van der Waals surface area contributed by atoms with Crippen molar-refractivity contribution in [1.29, 1.82) is 0 Å². The number of nitrogens with zero attached hydrogens (tertiary/aromatic N) is 1. The summed E-state index contributed by atoms with van der Waals surface area (Å²) in [6.45, 7) is 0. The minimum Gasteiger partial charge on any atom is -0.495 e. The second-order valence-electron chi connectivity index (χ2n) is 5.99. The molecule has 2 N–H and O–H groups in total. The molecular weight excluding hydrogens is 378 g/mol. The molecule has 0 bridgehead atoms. The first-order valence-corrected chi connectivity index (χ1v) is 8.88. The smallest absolute Gasteiger partial charge is 0.323 e. The first kappa shape index (κ1) is 17.9. The van der Waals surface area contributed by atoms with Crippen LogP contribution >= 0.6 is 11.6 Å². The van der Waals surface area contributed by atoms with E-state index in [0.717, 1.165) is 16.7 Å². The van der Waals surface area contributed by atoms with Crippen molar-refractivity contribution in [2.24, 2.45) is 0 Å². The Morgan fingerprint density at radius 3 is 2.57 bits per heavy atom. The molecule has 0 atom stereocenters. The number of methoxy groups -OCH3 is 1. The number of rotatable bonds is 4. The lowest BCUT2D eigenvalue weighted by atomic mass is 10.2. The predicted octanol–water partition coefficient (Wildman–Crippen LogP) is 5.80. The Morgan fingerprint density at radius 1 is 1.04 bits per heavy atom. The minimum absolute atomic E-state index is 0.407. The van der Waals surface area contributed by atoms with Crippen molar-refractivity contribution in [3.63, 3.8) is 0 Å². The lowest BCUT2D eigenvalue weighted by Crippen LogP contribution is -2.19. The van der Waals surface area contributed by atoms with Crippen LogP contribution < -0.4 is 15.4 Å². The molecule has 1 aromatic heterocycles. The van der Waals surface area contributed by atoms with E-state index >= 15 is 0 Å². The SMILES string of the molecule is COc1ccc(Cl)cc1NC(=O)Nc1ccc(-c2nc3ccccc3o2)cc1. The van der Waals surface area contributed by atoms with Crippen molar-refractivity contribution >= 4 is 40.1 Å². The van der Waals surface area contributed by atoms with Crippen molar-refractivity contribution in [1.82, 2.24) is 4.98 Å². The number of aromatic nitrogens is 1. The highest BCUT2D eigenvalue weighted by Crippen LogP contribution is 2.28. The summed E-state index contributed by atoms with van der Waals surface area (Å²) < 4.78 is 11.0. The molecule has 0 spiro atoms. The first-order chi connectivity index (χ1) is 13.6. The summed E-state index contributed by atoms with van der Waals surface area (Å²) in [7, 11) is 1.52. The molecule has 6 nitrogen and oxygen atoms in total. The van der Waals surface area contributed by atoms with Crippen LogP contribution in [0.2, 0.25) is 5.02 Å². The van der Waals surface area contributed by atoms with Gasteiger partial charge in [0.05, 0.1) is 12.8 Å². The molecular formula is C21H16ClN3O3. The van der Waals surface area contributed by atoms with Gasteiger partial charge in [0.25, 0.3) is 0 Å². The van der Waals surface area contributed by atoms with E-state index in [-0.39, 0.29) is 0 Å². The molecule has 1 heterocycles. The van der Waals surface area contributed by atoms with Gasteiger partial charge in [-0.25, -0.2) is 9.78 Å². The zero-order valence-corrected chi connectivity index (χ0v) is 15.7. The number of halogens is 1. The molecule has 7 heteroatoms. The van der Waals surface area contributed by atoms with Crippen molar-refractivity contribution in [3.05, 3.63) is 71.8 Å². The number of ether oxygens (including phenoxy) is 1. The highest BCUT2D eigenvalue weighted by molar-refractivity contribution is 6.31. The second-order valence-corrected chi connectivity index (χ2v) is 6.42. The number of urea groups is 1. The van der Waals surface area contributed by atoms with Crippen LogP contribution in [0.1, 0.15) is 0 Å². The lowest BCUT2D eigenvalue weighted by molar-refractivity contribution is 0.262. The van der Waals surface area contributed by atoms with Gasteiger partial charge in [0.1, 0.15) is 11.3 Å². The molecule has 0 aliphatic heterocycles. The van der Waals surface area contributed by atoms with E-state index in [1.54, 1.807) is 30.3 Å². The number of benzene rings is 3. The van der Waals surface area contributed by atoms with Gasteiger partial charge in [-0.1, -0.05) is 23.7 Å². The van der Waals surface area contributed by atoms with Crippen LogP contribution in [-0.4, -0.2) is 18.1 Å². The number of amides is 2. The Morgan fingerprint density at radius 2 is 1.82 bits per heavy atom. The number of carbonyl (C=O) groups excluding carboxylic acids is 1. The van der Waals surface area contributed by atoms with Crippen LogP contribution in [0.25, 0.3) is 22.6 Å². The number of carbonyl (C=O) groups is 1. The quantitative estimate of drug-likeness (QED) is 0.459. The standard InChI is InChI=1S/C21H16ClN3O3/c1-27-18-11-8-14(22)12-17(18)25-21(26)23-15-9-6-13(7-10-15)20-24-16-4-2-3-5-19(16)28-20/h2-12H,1H3,(H2,23,25,26). The summed E-state index contributed by atoms with van der Waals surface area (Å²) in [5, 5.41) is 5.99. The zero-order valence-electron chi connectivity index (χ0n) is 14.9. The third kappa shape index (κ3) is 3.77. The molecule has 0 aliphatic rings. The van der Waals surface area contributed by atoms with Gasteiger partial charge in [-0.05, 0) is 54.6 Å². The first-order valence-electron chi connectivity index (χ1n) is 8.50. The van der Waals surface area contributed by atoms with Gasteiger partial charge in [-0.15, -0.1) is 0 Å². The van der Waals surface area contributed by atoms with Crippen LogP contribution in [0.15, 0.2) is 71.1 Å². The number of hydrogen-bond acceptors (Lipinski definition) is 4. The molecule has 0 aliphatic carbocycles. The van der Waals surface area contributed by atoms with E-state index in [9.17, 15) is 4.79 Å². The van der Waals surface area contributed by atoms with E-state index in [4.69, 9.17) is 20.8 Å². The van der Waals surface area contributed by atoms with Crippen LogP contribution in [0, 0.1) is 0 Å². The lowest BCUT2D eigenvalue weighted by Gasteiger charge is -2.11. The van der Waals surface area contributed by atoms with Gasteiger partial charge in [0, 0.05) is 16.3 Å². The summed E-state index contributed by atoms with van der Waals surface area (Å²) in [6.07, 6.45) is 0. The topological polar surface area (TPSA) is 76.4 Å². The molecule has 0 saturated carbocycles. The van der Waals surface area contributed by atoms with E-state index in [0.29, 0.717) is 28.0 Å². The van der Waals surface area contributed by atoms with Crippen LogP contribution in [0.4, 0.5) is 16.2 Å². The molecule has 2 amide bonds. The number of para-hydroxylation sites is 2. The fraction of sp³-hybridized carbons (Fsp3) is 0.0476. The maximum atomic E-state index is 12.3. The number of oxazole rings is 1. The average Bonchev–Trinajstić information content (AvgIpc) is 3.13. The summed E-state index contributed by atoms with van der Waals surface area (Å²) in [5.41, 5.74) is 3.46. The molecule has 140 valence electrons. The van der Waals surface area contributed by atoms with Gasteiger partial charge >= 0.3 is 6.03 Å². The highest BCUT2D eigenvalue weighted by Gasteiger charge is 2.10. The second kappa shape index (κ2) is 7.62. The predicted molar refractivity (Wildman–Crippen MR) is 110 cm³/mol. The fourth-order valence-corrected chi connectivity index (χ4v) is 2.93. The third-order valence-corrected chi connectivity index (χ3v) is 4.33. The molecule has 0 saturated heterocycles. The maximum Gasteiger partial charge on any atom is 0.323 e. The Bertz CT molecular complexity index is 1110.